The lowest BCUT2D eigenvalue weighted by Gasteiger charge is -2.18. The second-order valence-electron chi connectivity index (χ2n) is 5.41. The van der Waals surface area contributed by atoms with Crippen LogP contribution in [0.15, 0.2) is 58.0 Å². The number of carbonyl (C=O) groups is 1. The Balaban J connectivity index is 1.85. The molecule has 0 spiro atoms. The van der Waals surface area contributed by atoms with E-state index in [9.17, 15) is 13.2 Å². The fourth-order valence-electron chi connectivity index (χ4n) is 3.02. The van der Waals surface area contributed by atoms with E-state index in [0.29, 0.717) is 16.6 Å². The van der Waals surface area contributed by atoms with Crippen LogP contribution in [0.2, 0.25) is 0 Å². The van der Waals surface area contributed by atoms with E-state index in [1.165, 1.54) is 17.7 Å². The Morgan fingerprint density at radius 3 is 2.67 bits per heavy atom. The zero-order chi connectivity index (χ0) is 16.9. The summed E-state index contributed by atoms with van der Waals surface area (Å²) in [6, 6.07) is 12.2. The van der Waals surface area contributed by atoms with E-state index in [1.54, 1.807) is 24.3 Å². The first-order valence-corrected chi connectivity index (χ1v) is 8.67. The fourth-order valence-corrected chi connectivity index (χ4v) is 4.70. The largest absolute Gasteiger partial charge is 0.463 e. The van der Waals surface area contributed by atoms with Crippen LogP contribution in [0.1, 0.15) is 16.1 Å². The second kappa shape index (κ2) is 5.10. The molecule has 4 rings (SSSR count). The van der Waals surface area contributed by atoms with E-state index in [4.69, 9.17) is 4.42 Å². The Labute approximate surface area is 138 Å². The van der Waals surface area contributed by atoms with Crippen LogP contribution in [0.5, 0.6) is 0 Å². The number of sulfonamides is 1. The van der Waals surface area contributed by atoms with Gasteiger partial charge in [-0.25, -0.2) is 13.2 Å². The molecule has 0 radical (unpaired) electrons. The van der Waals surface area contributed by atoms with Crippen molar-refractivity contribution in [3.8, 4) is 0 Å². The highest BCUT2D eigenvalue weighted by atomic mass is 32.2. The van der Waals surface area contributed by atoms with Gasteiger partial charge >= 0.3 is 5.97 Å². The van der Waals surface area contributed by atoms with Crippen molar-refractivity contribution in [2.24, 2.45) is 0 Å². The highest BCUT2D eigenvalue weighted by Gasteiger charge is 2.36. The summed E-state index contributed by atoms with van der Waals surface area (Å²) < 4.78 is 37.0. The van der Waals surface area contributed by atoms with Crippen LogP contribution in [-0.4, -0.2) is 21.5 Å². The molecule has 0 saturated heterocycles. The van der Waals surface area contributed by atoms with Gasteiger partial charge in [-0.15, -0.1) is 0 Å². The molecule has 0 fully saturated rings. The molecule has 2 heterocycles. The Morgan fingerprint density at radius 1 is 1.17 bits per heavy atom. The van der Waals surface area contributed by atoms with Crippen molar-refractivity contribution in [2.45, 2.75) is 11.4 Å². The van der Waals surface area contributed by atoms with Gasteiger partial charge in [0, 0.05) is 10.9 Å². The minimum absolute atomic E-state index is 0.00292. The molecule has 24 heavy (non-hydrogen) atoms. The summed E-state index contributed by atoms with van der Waals surface area (Å²) in [6.07, 6.45) is 1.35. The number of furan rings is 1. The summed E-state index contributed by atoms with van der Waals surface area (Å²) in [5.41, 5.74) is 1.05. The molecule has 6 nitrogen and oxygen atoms in total. The maximum atomic E-state index is 12.9. The molecule has 1 aliphatic rings. The number of rotatable bonds is 3. The van der Waals surface area contributed by atoms with E-state index >= 15 is 0 Å². The van der Waals surface area contributed by atoms with E-state index in [2.05, 4.69) is 4.74 Å². The Bertz CT molecular complexity index is 1060. The van der Waals surface area contributed by atoms with Crippen LogP contribution in [0.4, 0.5) is 5.69 Å². The summed E-state index contributed by atoms with van der Waals surface area (Å²) in [5.74, 6) is -0.627. The van der Waals surface area contributed by atoms with Crippen molar-refractivity contribution < 1.29 is 22.4 Å². The lowest BCUT2D eigenvalue weighted by atomic mass is 10.1. The van der Waals surface area contributed by atoms with Gasteiger partial charge in [-0.3, -0.25) is 4.31 Å². The maximum absolute atomic E-state index is 12.9. The lowest BCUT2D eigenvalue weighted by molar-refractivity contribution is 0.0563. The Morgan fingerprint density at radius 2 is 1.92 bits per heavy atom. The van der Waals surface area contributed by atoms with Crippen molar-refractivity contribution in [3.63, 3.8) is 0 Å². The molecule has 122 valence electrons. The second-order valence-corrected chi connectivity index (χ2v) is 7.24. The maximum Gasteiger partial charge on any atom is 0.374 e. The van der Waals surface area contributed by atoms with Crippen LogP contribution < -0.4 is 4.31 Å². The van der Waals surface area contributed by atoms with Crippen LogP contribution in [0.25, 0.3) is 10.8 Å². The summed E-state index contributed by atoms with van der Waals surface area (Å²) in [7, 11) is -2.44. The van der Waals surface area contributed by atoms with E-state index in [1.807, 2.05) is 18.2 Å². The third-order valence-corrected chi connectivity index (χ3v) is 5.91. The third kappa shape index (κ3) is 1.94. The molecule has 0 saturated carbocycles. The first kappa shape index (κ1) is 14.8. The van der Waals surface area contributed by atoms with E-state index in [-0.39, 0.29) is 17.2 Å². The van der Waals surface area contributed by atoms with E-state index in [0.717, 1.165) is 5.39 Å². The van der Waals surface area contributed by atoms with Crippen LogP contribution >= 0.6 is 0 Å². The smallest absolute Gasteiger partial charge is 0.374 e. The number of hydrogen-bond donors (Lipinski definition) is 0. The van der Waals surface area contributed by atoms with Crippen LogP contribution in [0, 0.1) is 0 Å². The Kier molecular flexibility index (Phi) is 3.14. The van der Waals surface area contributed by atoms with Crippen molar-refractivity contribution in [3.05, 3.63) is 60.1 Å². The van der Waals surface area contributed by atoms with Crippen LogP contribution in [-0.2, 0) is 21.3 Å². The van der Waals surface area contributed by atoms with E-state index < -0.39 is 16.0 Å². The van der Waals surface area contributed by atoms with Gasteiger partial charge in [-0.2, -0.15) is 0 Å². The molecular weight excluding hydrogens is 330 g/mol. The molecule has 0 N–H and O–H groups in total. The topological polar surface area (TPSA) is 76.8 Å². The lowest BCUT2D eigenvalue weighted by Crippen LogP contribution is -2.27. The minimum atomic E-state index is -3.68. The van der Waals surface area contributed by atoms with Gasteiger partial charge in [0.1, 0.15) is 0 Å². The average molecular weight is 343 g/mol. The van der Waals surface area contributed by atoms with Gasteiger partial charge in [0.25, 0.3) is 10.0 Å². The highest BCUT2D eigenvalue weighted by molar-refractivity contribution is 7.93. The molecule has 2 aromatic carbocycles. The first-order chi connectivity index (χ1) is 11.5. The molecule has 0 bridgehead atoms. The predicted molar refractivity (Wildman–Crippen MR) is 87.4 cm³/mol. The van der Waals surface area contributed by atoms with Crippen molar-refractivity contribution in [1.29, 1.82) is 0 Å². The van der Waals surface area contributed by atoms with Crippen molar-refractivity contribution in [2.75, 3.05) is 11.4 Å². The number of anilines is 1. The molecule has 1 aliphatic heterocycles. The third-order valence-electron chi connectivity index (χ3n) is 4.11. The molecule has 0 amide bonds. The van der Waals surface area contributed by atoms with Crippen LogP contribution in [0.3, 0.4) is 0 Å². The van der Waals surface area contributed by atoms with Gasteiger partial charge in [-0.1, -0.05) is 24.3 Å². The van der Waals surface area contributed by atoms with Gasteiger partial charge in [-0.05, 0) is 23.6 Å². The zero-order valence-corrected chi connectivity index (χ0v) is 13.5. The first-order valence-electron chi connectivity index (χ1n) is 7.23. The number of methoxy groups -OCH3 is 1. The Hall–Kier alpha value is -2.80. The predicted octanol–water partition coefficient (Wildman–Crippen LogP) is 2.93. The summed E-state index contributed by atoms with van der Waals surface area (Å²) in [6.45, 7) is -0.00292. The van der Waals surface area contributed by atoms with Gasteiger partial charge in [0.05, 0.1) is 30.5 Å². The van der Waals surface area contributed by atoms with Crippen molar-refractivity contribution in [1.82, 2.24) is 0 Å². The number of ether oxygens (including phenoxy) is 1. The van der Waals surface area contributed by atoms with Crippen molar-refractivity contribution >= 4 is 32.5 Å². The number of hydrogen-bond acceptors (Lipinski definition) is 5. The zero-order valence-electron chi connectivity index (χ0n) is 12.7. The van der Waals surface area contributed by atoms with Gasteiger partial charge < -0.3 is 9.15 Å². The summed E-state index contributed by atoms with van der Waals surface area (Å²) in [4.78, 5) is 12.0. The SMILES string of the molecule is COC(=O)c1occc1CN1c2cccc3cccc(c23)S1(=O)=O. The molecule has 3 aromatic rings. The van der Waals surface area contributed by atoms with Gasteiger partial charge in [0.15, 0.2) is 0 Å². The molecule has 0 unspecified atom stereocenters. The molecule has 0 atom stereocenters. The monoisotopic (exact) mass is 343 g/mol. The molecule has 1 aromatic heterocycles. The highest BCUT2D eigenvalue weighted by Crippen LogP contribution is 2.42. The normalized spacial score (nSPS) is 15.0. The molecule has 0 aliphatic carbocycles. The minimum Gasteiger partial charge on any atom is -0.463 e. The number of esters is 1. The number of nitrogens with zero attached hydrogens (tertiary/aromatic N) is 1. The fraction of sp³-hybridized carbons (Fsp3) is 0.118. The average Bonchev–Trinajstić information content (AvgIpc) is 3.13. The summed E-state index contributed by atoms with van der Waals surface area (Å²) in [5, 5.41) is 1.56. The number of carbonyl (C=O) groups excluding carboxylic acids is 1. The number of benzene rings is 2. The standard InChI is InChI=1S/C17H13NO5S/c1-22-17(19)16-12(8-9-23-16)10-18-13-6-2-4-11-5-3-7-14(15(11)13)24(18,20)21/h2-9H,10H2,1H3. The quantitative estimate of drug-likeness (QED) is 0.683. The molecule has 7 heteroatoms. The van der Waals surface area contributed by atoms with Gasteiger partial charge in [0.2, 0.25) is 5.76 Å². The molecular formula is C17H13NO5S. The summed E-state index contributed by atoms with van der Waals surface area (Å²) >= 11 is 0.